The average molecular weight is 253 g/mol. The second-order valence-corrected chi connectivity index (χ2v) is 4.27. The largest absolute Gasteiger partial charge is 0.478 e. The normalized spacial score (nSPS) is 10.7. The molecule has 19 heavy (non-hydrogen) atoms. The third-order valence-corrected chi connectivity index (χ3v) is 2.82. The Balaban J connectivity index is 1.94. The molecule has 0 spiro atoms. The van der Waals surface area contributed by atoms with Gasteiger partial charge in [-0.25, -0.2) is 4.79 Å². The zero-order chi connectivity index (χ0) is 13.5. The molecule has 0 aliphatic heterocycles. The molecule has 0 unspecified atom stereocenters. The molecule has 1 aromatic carbocycles. The van der Waals surface area contributed by atoms with E-state index in [9.17, 15) is 4.79 Å². The van der Waals surface area contributed by atoms with E-state index in [2.05, 4.69) is 11.1 Å². The van der Waals surface area contributed by atoms with Crippen LogP contribution in [-0.2, 0) is 17.6 Å². The summed E-state index contributed by atoms with van der Waals surface area (Å²) in [6.45, 7) is 0. The topological polar surface area (TPSA) is 50.2 Å². The molecular formula is C16H15NO2. The van der Waals surface area contributed by atoms with Crippen molar-refractivity contribution in [2.75, 3.05) is 0 Å². The van der Waals surface area contributed by atoms with Crippen LogP contribution in [0.4, 0.5) is 0 Å². The number of aliphatic carboxylic acids is 1. The first kappa shape index (κ1) is 13.0. The van der Waals surface area contributed by atoms with E-state index < -0.39 is 5.97 Å². The Kier molecular flexibility index (Phi) is 4.45. The smallest absolute Gasteiger partial charge is 0.328 e. The minimum atomic E-state index is -0.930. The molecular weight excluding hydrogens is 238 g/mol. The molecule has 3 nitrogen and oxygen atoms in total. The van der Waals surface area contributed by atoms with Crippen LogP contribution in [0.1, 0.15) is 16.7 Å². The Morgan fingerprint density at radius 1 is 1.11 bits per heavy atom. The molecule has 0 saturated carbocycles. The van der Waals surface area contributed by atoms with Gasteiger partial charge in [0.25, 0.3) is 0 Å². The average Bonchev–Trinajstić information content (AvgIpc) is 2.45. The van der Waals surface area contributed by atoms with Crippen molar-refractivity contribution in [2.45, 2.75) is 12.8 Å². The van der Waals surface area contributed by atoms with Crippen LogP contribution in [0.2, 0.25) is 0 Å². The van der Waals surface area contributed by atoms with E-state index in [1.54, 1.807) is 12.3 Å². The number of rotatable bonds is 5. The Morgan fingerprint density at radius 3 is 2.47 bits per heavy atom. The van der Waals surface area contributed by atoms with Gasteiger partial charge in [0.2, 0.25) is 0 Å². The van der Waals surface area contributed by atoms with Gasteiger partial charge < -0.3 is 5.11 Å². The predicted octanol–water partition coefficient (Wildman–Crippen LogP) is 2.96. The third kappa shape index (κ3) is 4.39. The summed E-state index contributed by atoms with van der Waals surface area (Å²) >= 11 is 0. The van der Waals surface area contributed by atoms with Crippen molar-refractivity contribution in [3.8, 4) is 0 Å². The molecule has 0 aliphatic carbocycles. The first-order valence-corrected chi connectivity index (χ1v) is 6.13. The maximum absolute atomic E-state index is 10.4. The summed E-state index contributed by atoms with van der Waals surface area (Å²) in [6, 6.07) is 11.9. The second kappa shape index (κ2) is 6.50. The van der Waals surface area contributed by atoms with Crippen LogP contribution in [0.25, 0.3) is 6.08 Å². The number of carbonyl (C=O) groups is 1. The third-order valence-electron chi connectivity index (χ3n) is 2.82. The van der Waals surface area contributed by atoms with Crippen LogP contribution in [-0.4, -0.2) is 16.1 Å². The zero-order valence-electron chi connectivity index (χ0n) is 10.5. The molecule has 1 N–H and O–H groups in total. The number of aromatic nitrogens is 1. The standard InChI is InChI=1S/C16H15NO2/c18-16(19)10-9-14-5-3-13(4-6-14)7-8-15-2-1-11-17-12-15/h1-6,9-12H,7-8H2,(H,18,19)/b10-9+. The first-order valence-electron chi connectivity index (χ1n) is 6.13. The molecule has 0 fully saturated rings. The molecule has 0 aliphatic rings. The number of hydrogen-bond acceptors (Lipinski definition) is 2. The maximum atomic E-state index is 10.4. The lowest BCUT2D eigenvalue weighted by atomic mass is 10.0. The molecule has 96 valence electrons. The van der Waals surface area contributed by atoms with Crippen LogP contribution in [0.5, 0.6) is 0 Å². The van der Waals surface area contributed by atoms with Crippen LogP contribution in [0.15, 0.2) is 54.9 Å². The van der Waals surface area contributed by atoms with Crippen molar-refractivity contribution in [1.82, 2.24) is 4.98 Å². The van der Waals surface area contributed by atoms with Crippen LogP contribution in [0.3, 0.4) is 0 Å². The van der Waals surface area contributed by atoms with E-state index in [-0.39, 0.29) is 0 Å². The summed E-state index contributed by atoms with van der Waals surface area (Å²) in [6.07, 6.45) is 8.29. The Morgan fingerprint density at radius 2 is 1.84 bits per heavy atom. The molecule has 0 atom stereocenters. The highest BCUT2D eigenvalue weighted by molar-refractivity contribution is 5.85. The molecule has 1 heterocycles. The molecule has 1 aromatic heterocycles. The van der Waals surface area contributed by atoms with Gasteiger partial charge in [0.15, 0.2) is 0 Å². The van der Waals surface area contributed by atoms with Crippen LogP contribution < -0.4 is 0 Å². The summed E-state index contributed by atoms with van der Waals surface area (Å²) < 4.78 is 0. The van der Waals surface area contributed by atoms with Gasteiger partial charge in [0.05, 0.1) is 0 Å². The van der Waals surface area contributed by atoms with Gasteiger partial charge in [-0.2, -0.15) is 0 Å². The second-order valence-electron chi connectivity index (χ2n) is 4.27. The quantitative estimate of drug-likeness (QED) is 0.833. The predicted molar refractivity (Wildman–Crippen MR) is 74.8 cm³/mol. The summed E-state index contributed by atoms with van der Waals surface area (Å²) in [7, 11) is 0. The van der Waals surface area contributed by atoms with E-state index in [0.717, 1.165) is 24.5 Å². The fourth-order valence-electron chi connectivity index (χ4n) is 1.80. The lowest BCUT2D eigenvalue weighted by Crippen LogP contribution is -1.92. The van der Waals surface area contributed by atoms with Gasteiger partial charge in [-0.1, -0.05) is 30.3 Å². The Bertz CT molecular complexity index is 559. The molecule has 0 radical (unpaired) electrons. The lowest BCUT2D eigenvalue weighted by molar-refractivity contribution is -0.131. The summed E-state index contributed by atoms with van der Waals surface area (Å²) in [5, 5.41) is 8.55. The number of benzene rings is 1. The summed E-state index contributed by atoms with van der Waals surface area (Å²) in [5.74, 6) is -0.930. The number of hydrogen-bond donors (Lipinski definition) is 1. The van der Waals surface area contributed by atoms with Crippen molar-refractivity contribution in [2.24, 2.45) is 0 Å². The van der Waals surface area contributed by atoms with Crippen molar-refractivity contribution >= 4 is 12.0 Å². The van der Waals surface area contributed by atoms with Crippen molar-refractivity contribution in [1.29, 1.82) is 0 Å². The van der Waals surface area contributed by atoms with Crippen LogP contribution in [0, 0.1) is 0 Å². The van der Waals surface area contributed by atoms with Crippen LogP contribution >= 0.6 is 0 Å². The molecule has 2 rings (SSSR count). The minimum Gasteiger partial charge on any atom is -0.478 e. The van der Waals surface area contributed by atoms with Crippen molar-refractivity contribution in [3.63, 3.8) is 0 Å². The lowest BCUT2D eigenvalue weighted by Gasteiger charge is -2.02. The number of nitrogens with zero attached hydrogens (tertiary/aromatic N) is 1. The van der Waals surface area contributed by atoms with Gasteiger partial charge in [-0.05, 0) is 41.7 Å². The molecule has 0 saturated heterocycles. The monoisotopic (exact) mass is 253 g/mol. The highest BCUT2D eigenvalue weighted by Gasteiger charge is 1.96. The highest BCUT2D eigenvalue weighted by Crippen LogP contribution is 2.09. The number of carboxylic acids is 1. The molecule has 2 aromatic rings. The number of aryl methyl sites for hydroxylation is 2. The van der Waals surface area contributed by atoms with E-state index in [1.165, 1.54) is 11.1 Å². The highest BCUT2D eigenvalue weighted by atomic mass is 16.4. The minimum absolute atomic E-state index is 0.896. The molecule has 0 bridgehead atoms. The molecule has 0 amide bonds. The van der Waals surface area contributed by atoms with E-state index in [1.807, 2.05) is 36.5 Å². The fourth-order valence-corrected chi connectivity index (χ4v) is 1.80. The Labute approximate surface area is 112 Å². The van der Waals surface area contributed by atoms with Gasteiger partial charge in [-0.3, -0.25) is 4.98 Å². The van der Waals surface area contributed by atoms with Gasteiger partial charge in [0.1, 0.15) is 0 Å². The number of carboxylic acid groups (broad SMARTS) is 1. The van der Waals surface area contributed by atoms with E-state index in [0.29, 0.717) is 0 Å². The summed E-state index contributed by atoms with van der Waals surface area (Å²) in [4.78, 5) is 14.5. The zero-order valence-corrected chi connectivity index (χ0v) is 10.5. The van der Waals surface area contributed by atoms with Gasteiger partial charge in [-0.15, -0.1) is 0 Å². The van der Waals surface area contributed by atoms with Crippen molar-refractivity contribution < 1.29 is 9.90 Å². The van der Waals surface area contributed by atoms with Crippen molar-refractivity contribution in [3.05, 3.63) is 71.6 Å². The Hall–Kier alpha value is -2.42. The maximum Gasteiger partial charge on any atom is 0.328 e. The van der Waals surface area contributed by atoms with E-state index >= 15 is 0 Å². The van der Waals surface area contributed by atoms with E-state index in [4.69, 9.17) is 5.11 Å². The van der Waals surface area contributed by atoms with Gasteiger partial charge >= 0.3 is 5.97 Å². The molecule has 3 heteroatoms. The summed E-state index contributed by atoms with van der Waals surface area (Å²) in [5.41, 5.74) is 3.35. The fraction of sp³-hybridized carbons (Fsp3) is 0.125. The SMILES string of the molecule is O=C(O)/C=C/c1ccc(CCc2cccnc2)cc1. The van der Waals surface area contributed by atoms with Gasteiger partial charge in [0, 0.05) is 18.5 Å². The first-order chi connectivity index (χ1) is 9.24. The number of pyridine rings is 1.